The molecule has 9 heteroatoms. The molecule has 0 bridgehead atoms. The van der Waals surface area contributed by atoms with Crippen molar-refractivity contribution in [1.82, 2.24) is 5.32 Å². The molecular weight excluding hydrogens is 292 g/mol. The molecule has 20 heavy (non-hydrogen) atoms. The van der Waals surface area contributed by atoms with Crippen LogP contribution < -0.4 is 5.32 Å². The molecule has 0 aliphatic carbocycles. The summed E-state index contributed by atoms with van der Waals surface area (Å²) < 4.78 is 0. The maximum Gasteiger partial charge on any atom is 0.332 e. The first-order chi connectivity index (χ1) is 9.31. The van der Waals surface area contributed by atoms with E-state index in [1.807, 2.05) is 0 Å². The molecular formula is C11H11ClN2O6. The van der Waals surface area contributed by atoms with Crippen LogP contribution in [0.1, 0.15) is 16.8 Å². The number of carboxylic acids is 1. The second kappa shape index (κ2) is 6.83. The molecule has 0 saturated heterocycles. The lowest BCUT2D eigenvalue weighted by molar-refractivity contribution is -0.384. The van der Waals surface area contributed by atoms with Crippen molar-refractivity contribution in [3.8, 4) is 0 Å². The van der Waals surface area contributed by atoms with Gasteiger partial charge < -0.3 is 15.5 Å². The number of carboxylic acid groups (broad SMARTS) is 1. The third kappa shape index (κ3) is 4.48. The zero-order valence-corrected chi connectivity index (χ0v) is 10.8. The Balaban J connectivity index is 2.68. The van der Waals surface area contributed by atoms with Gasteiger partial charge in [0.1, 0.15) is 0 Å². The van der Waals surface area contributed by atoms with Crippen LogP contribution in [0.3, 0.4) is 0 Å². The number of carbonyl (C=O) groups excluding carboxylic acids is 1. The van der Waals surface area contributed by atoms with Gasteiger partial charge in [0.25, 0.3) is 11.6 Å². The number of nitrogens with one attached hydrogen (secondary N) is 1. The zero-order chi connectivity index (χ0) is 15.3. The Labute approximate surface area is 118 Å². The van der Waals surface area contributed by atoms with E-state index in [0.717, 1.165) is 12.1 Å². The van der Waals surface area contributed by atoms with E-state index in [-0.39, 0.29) is 29.2 Å². The molecule has 0 radical (unpaired) electrons. The Bertz CT molecular complexity index is 548. The quantitative estimate of drug-likeness (QED) is 0.526. The summed E-state index contributed by atoms with van der Waals surface area (Å²) in [6, 6.07) is 3.40. The summed E-state index contributed by atoms with van der Waals surface area (Å²) in [7, 11) is 0. The number of amides is 1. The third-order valence-electron chi connectivity index (χ3n) is 2.34. The average molecular weight is 303 g/mol. The molecule has 0 heterocycles. The Hall–Kier alpha value is -2.19. The second-order valence-electron chi connectivity index (χ2n) is 3.85. The van der Waals surface area contributed by atoms with E-state index in [1.54, 1.807) is 0 Å². The monoisotopic (exact) mass is 302 g/mol. The van der Waals surface area contributed by atoms with Gasteiger partial charge >= 0.3 is 5.97 Å². The Kier molecular flexibility index (Phi) is 5.42. The summed E-state index contributed by atoms with van der Waals surface area (Å²) in [6.45, 7) is -0.0907. The first-order valence-electron chi connectivity index (χ1n) is 5.45. The molecule has 1 amide bonds. The topological polar surface area (TPSA) is 130 Å². The summed E-state index contributed by atoms with van der Waals surface area (Å²) >= 11 is 5.66. The van der Waals surface area contributed by atoms with Gasteiger partial charge in [-0.2, -0.15) is 0 Å². The number of aliphatic hydroxyl groups is 1. The number of aliphatic carboxylic acids is 1. The van der Waals surface area contributed by atoms with Crippen LogP contribution in [0.2, 0.25) is 5.02 Å². The van der Waals surface area contributed by atoms with Gasteiger partial charge in [0.2, 0.25) is 0 Å². The maximum absolute atomic E-state index is 11.7. The number of rotatable bonds is 6. The standard InChI is InChI=1S/C11H11ClN2O6/c12-7-3-6(4-8(5-7)14(19)20)10(16)13-2-1-9(15)11(17)18/h3-5,9,15H,1-2H2,(H,13,16)(H,17,18)/t9-/m0/s1. The van der Waals surface area contributed by atoms with Crippen molar-refractivity contribution < 1.29 is 24.7 Å². The summed E-state index contributed by atoms with van der Waals surface area (Å²) in [5.74, 6) is -2.04. The van der Waals surface area contributed by atoms with Crippen molar-refractivity contribution in [2.45, 2.75) is 12.5 Å². The lowest BCUT2D eigenvalue weighted by Crippen LogP contribution is -2.30. The highest BCUT2D eigenvalue weighted by atomic mass is 35.5. The number of carbonyl (C=O) groups is 2. The zero-order valence-electron chi connectivity index (χ0n) is 10.1. The predicted molar refractivity (Wildman–Crippen MR) is 68.7 cm³/mol. The molecule has 0 aliphatic heterocycles. The van der Waals surface area contributed by atoms with Crippen molar-refractivity contribution in [2.75, 3.05) is 6.54 Å². The minimum atomic E-state index is -1.58. The van der Waals surface area contributed by atoms with Gasteiger partial charge in [-0.15, -0.1) is 0 Å². The van der Waals surface area contributed by atoms with E-state index in [0.29, 0.717) is 0 Å². The van der Waals surface area contributed by atoms with E-state index >= 15 is 0 Å². The van der Waals surface area contributed by atoms with Crippen LogP contribution in [0, 0.1) is 10.1 Å². The van der Waals surface area contributed by atoms with Crippen LogP contribution in [-0.2, 0) is 4.79 Å². The van der Waals surface area contributed by atoms with Crippen LogP contribution in [-0.4, -0.2) is 39.7 Å². The Morgan fingerprint density at radius 1 is 1.40 bits per heavy atom. The highest BCUT2D eigenvalue weighted by Crippen LogP contribution is 2.20. The van der Waals surface area contributed by atoms with E-state index in [2.05, 4.69) is 5.32 Å². The molecule has 0 aliphatic rings. The summed E-state index contributed by atoms with van der Waals surface area (Å²) in [5, 5.41) is 30.4. The number of nitrogens with zero attached hydrogens (tertiary/aromatic N) is 1. The van der Waals surface area contributed by atoms with Gasteiger partial charge in [0.05, 0.1) is 4.92 Å². The minimum absolute atomic E-state index is 0.0194. The first-order valence-corrected chi connectivity index (χ1v) is 5.83. The molecule has 1 atom stereocenters. The minimum Gasteiger partial charge on any atom is -0.479 e. The fraction of sp³-hybridized carbons (Fsp3) is 0.273. The van der Waals surface area contributed by atoms with E-state index in [4.69, 9.17) is 21.8 Å². The van der Waals surface area contributed by atoms with Crippen LogP contribution >= 0.6 is 11.6 Å². The SMILES string of the molecule is O=C(NCC[C@H](O)C(=O)O)c1cc(Cl)cc([N+](=O)[O-])c1. The van der Waals surface area contributed by atoms with E-state index in [1.165, 1.54) is 6.07 Å². The lowest BCUT2D eigenvalue weighted by atomic mass is 10.2. The number of nitro groups is 1. The molecule has 3 N–H and O–H groups in total. The number of aliphatic hydroxyl groups excluding tert-OH is 1. The number of nitro benzene ring substituents is 1. The number of hydrogen-bond donors (Lipinski definition) is 3. The normalized spacial score (nSPS) is 11.7. The van der Waals surface area contributed by atoms with Gasteiger partial charge in [-0.1, -0.05) is 11.6 Å². The molecule has 0 aromatic heterocycles. The molecule has 1 rings (SSSR count). The highest BCUT2D eigenvalue weighted by Gasteiger charge is 2.16. The molecule has 108 valence electrons. The summed E-state index contributed by atoms with van der Waals surface area (Å²) in [4.78, 5) is 32.0. The fourth-order valence-electron chi connectivity index (χ4n) is 1.36. The van der Waals surface area contributed by atoms with Gasteiger partial charge in [0, 0.05) is 35.7 Å². The van der Waals surface area contributed by atoms with Gasteiger partial charge in [-0.05, 0) is 6.07 Å². The lowest BCUT2D eigenvalue weighted by Gasteiger charge is -2.07. The van der Waals surface area contributed by atoms with Crippen LogP contribution in [0.4, 0.5) is 5.69 Å². The number of hydrogen-bond acceptors (Lipinski definition) is 5. The van der Waals surface area contributed by atoms with Crippen LogP contribution in [0.25, 0.3) is 0 Å². The van der Waals surface area contributed by atoms with Crippen molar-refractivity contribution in [1.29, 1.82) is 0 Å². The summed E-state index contributed by atoms with van der Waals surface area (Å²) in [5.41, 5.74) is -0.345. The molecule has 0 fully saturated rings. The van der Waals surface area contributed by atoms with Gasteiger partial charge in [0.15, 0.2) is 6.10 Å². The fourth-order valence-corrected chi connectivity index (χ4v) is 1.59. The molecule has 1 aromatic carbocycles. The number of halogens is 1. The Morgan fingerprint density at radius 2 is 2.05 bits per heavy atom. The van der Waals surface area contributed by atoms with Crippen LogP contribution in [0.15, 0.2) is 18.2 Å². The van der Waals surface area contributed by atoms with Crippen molar-refractivity contribution in [2.24, 2.45) is 0 Å². The maximum atomic E-state index is 11.7. The molecule has 8 nitrogen and oxygen atoms in total. The van der Waals surface area contributed by atoms with Gasteiger partial charge in [-0.25, -0.2) is 4.79 Å². The first kappa shape index (κ1) is 15.9. The molecule has 1 aromatic rings. The molecule has 0 spiro atoms. The summed E-state index contributed by atoms with van der Waals surface area (Å²) in [6.07, 6.45) is -1.76. The number of non-ortho nitro benzene ring substituents is 1. The average Bonchev–Trinajstić information content (AvgIpc) is 2.37. The van der Waals surface area contributed by atoms with Crippen molar-refractivity contribution in [3.05, 3.63) is 38.9 Å². The number of benzene rings is 1. The van der Waals surface area contributed by atoms with Crippen molar-refractivity contribution in [3.63, 3.8) is 0 Å². The smallest absolute Gasteiger partial charge is 0.332 e. The molecule has 0 saturated carbocycles. The predicted octanol–water partition coefficient (Wildman–Crippen LogP) is 0.814. The van der Waals surface area contributed by atoms with E-state index in [9.17, 15) is 19.7 Å². The Morgan fingerprint density at radius 3 is 2.60 bits per heavy atom. The highest BCUT2D eigenvalue weighted by molar-refractivity contribution is 6.31. The van der Waals surface area contributed by atoms with Crippen molar-refractivity contribution >= 4 is 29.2 Å². The van der Waals surface area contributed by atoms with Crippen LogP contribution in [0.5, 0.6) is 0 Å². The molecule has 0 unspecified atom stereocenters. The van der Waals surface area contributed by atoms with Gasteiger partial charge in [-0.3, -0.25) is 14.9 Å². The largest absolute Gasteiger partial charge is 0.479 e. The van der Waals surface area contributed by atoms with E-state index < -0.39 is 22.9 Å². The third-order valence-corrected chi connectivity index (χ3v) is 2.56. The second-order valence-corrected chi connectivity index (χ2v) is 4.29.